The van der Waals surface area contributed by atoms with E-state index in [4.69, 9.17) is 0 Å². The summed E-state index contributed by atoms with van der Waals surface area (Å²) in [6, 6.07) is 11.8. The van der Waals surface area contributed by atoms with Crippen molar-refractivity contribution < 1.29 is 4.79 Å². The van der Waals surface area contributed by atoms with Crippen molar-refractivity contribution >= 4 is 17.2 Å². The summed E-state index contributed by atoms with van der Waals surface area (Å²) in [6.07, 6.45) is 3.74. The molecule has 0 spiro atoms. The van der Waals surface area contributed by atoms with Crippen LogP contribution in [0.5, 0.6) is 0 Å². The molecule has 0 radical (unpaired) electrons. The van der Waals surface area contributed by atoms with Crippen LogP contribution in [0.1, 0.15) is 25.3 Å². The van der Waals surface area contributed by atoms with Crippen molar-refractivity contribution in [1.29, 1.82) is 0 Å². The topological polar surface area (TPSA) is 67.2 Å². The minimum Gasteiger partial charge on any atom is -0.370 e. The first-order valence-electron chi connectivity index (χ1n) is 9.86. The smallest absolute Gasteiger partial charge is 0.268 e. The summed E-state index contributed by atoms with van der Waals surface area (Å²) in [6.45, 7) is 4.52. The maximum atomic E-state index is 12.6. The van der Waals surface area contributed by atoms with Crippen molar-refractivity contribution in [3.8, 4) is 0 Å². The number of hydrogen-bond donors (Lipinski definition) is 1. The van der Waals surface area contributed by atoms with Gasteiger partial charge in [-0.3, -0.25) is 9.59 Å². The van der Waals surface area contributed by atoms with Gasteiger partial charge in [-0.05, 0) is 36.8 Å². The van der Waals surface area contributed by atoms with Gasteiger partial charge in [-0.1, -0.05) is 35.9 Å². The minimum atomic E-state index is -0.0894. The lowest BCUT2D eigenvalue weighted by molar-refractivity contribution is -0.121. The van der Waals surface area contributed by atoms with Crippen molar-refractivity contribution in [3.05, 3.63) is 64.1 Å². The fourth-order valence-electron chi connectivity index (χ4n) is 4.05. The van der Waals surface area contributed by atoms with Crippen LogP contribution in [0.25, 0.3) is 5.57 Å². The first kappa shape index (κ1) is 18.5. The molecular weight excluding hydrogens is 352 g/mol. The van der Waals surface area contributed by atoms with Crippen LogP contribution in [0.3, 0.4) is 0 Å². The highest BCUT2D eigenvalue weighted by Crippen LogP contribution is 2.46. The molecule has 1 saturated heterocycles. The molecule has 2 aromatic rings. The maximum Gasteiger partial charge on any atom is 0.268 e. The summed E-state index contributed by atoms with van der Waals surface area (Å²) in [7, 11) is 1.65. The van der Waals surface area contributed by atoms with Gasteiger partial charge in [0.1, 0.15) is 0 Å². The Kier molecular flexibility index (Phi) is 5.03. The molecule has 1 aliphatic carbocycles. The molecule has 4 rings (SSSR count). The molecule has 1 aromatic carbocycles. The average Bonchev–Trinajstić information content (AvgIpc) is 3.40. The van der Waals surface area contributed by atoms with E-state index in [1.807, 2.05) is 25.1 Å². The first-order valence-corrected chi connectivity index (χ1v) is 9.86. The lowest BCUT2D eigenvalue weighted by Crippen LogP contribution is -2.39. The molecule has 1 fully saturated rings. The Morgan fingerprint density at radius 1 is 1.21 bits per heavy atom. The van der Waals surface area contributed by atoms with Gasteiger partial charge >= 0.3 is 0 Å². The molecule has 2 aliphatic rings. The van der Waals surface area contributed by atoms with E-state index < -0.39 is 0 Å². The SMILES string of the molecule is CC1=C(c2ccccc2)C1C(=O)NCC1CCN(c2cnn(C)c(=O)c2)CC1. The van der Waals surface area contributed by atoms with Gasteiger partial charge in [0.05, 0.1) is 17.8 Å². The highest BCUT2D eigenvalue weighted by Gasteiger charge is 2.39. The van der Waals surface area contributed by atoms with E-state index in [1.54, 1.807) is 19.3 Å². The van der Waals surface area contributed by atoms with Crippen LogP contribution in [0.2, 0.25) is 0 Å². The predicted octanol–water partition coefficient (Wildman–Crippen LogP) is 2.22. The highest BCUT2D eigenvalue weighted by molar-refractivity contribution is 6.05. The van der Waals surface area contributed by atoms with Crippen molar-refractivity contribution in [1.82, 2.24) is 15.1 Å². The summed E-state index contributed by atoms with van der Waals surface area (Å²) in [5.74, 6) is 0.530. The number of hydrogen-bond acceptors (Lipinski definition) is 4. The number of anilines is 1. The van der Waals surface area contributed by atoms with Gasteiger partial charge in [0.15, 0.2) is 0 Å². The zero-order valence-electron chi connectivity index (χ0n) is 16.4. The normalized spacial score (nSPS) is 19.6. The van der Waals surface area contributed by atoms with Crippen molar-refractivity contribution in [2.24, 2.45) is 18.9 Å². The van der Waals surface area contributed by atoms with Crippen molar-refractivity contribution in [2.75, 3.05) is 24.5 Å². The molecule has 1 aromatic heterocycles. The molecule has 146 valence electrons. The van der Waals surface area contributed by atoms with E-state index in [2.05, 4.69) is 27.4 Å². The summed E-state index contributed by atoms with van der Waals surface area (Å²) in [4.78, 5) is 26.6. The van der Waals surface area contributed by atoms with Gasteiger partial charge in [0.25, 0.3) is 5.56 Å². The minimum absolute atomic E-state index is 0.0610. The summed E-state index contributed by atoms with van der Waals surface area (Å²) in [5, 5.41) is 7.25. The fourth-order valence-corrected chi connectivity index (χ4v) is 4.05. The van der Waals surface area contributed by atoms with Crippen LogP contribution in [0, 0.1) is 11.8 Å². The molecule has 0 saturated carbocycles. The number of carbonyl (C=O) groups is 1. The van der Waals surface area contributed by atoms with Crippen LogP contribution in [-0.2, 0) is 11.8 Å². The molecule has 1 atom stereocenters. The Morgan fingerprint density at radius 2 is 1.93 bits per heavy atom. The largest absolute Gasteiger partial charge is 0.370 e. The quantitative estimate of drug-likeness (QED) is 0.866. The Balaban J connectivity index is 1.25. The van der Waals surface area contributed by atoms with Gasteiger partial charge < -0.3 is 10.2 Å². The van der Waals surface area contributed by atoms with Crippen LogP contribution < -0.4 is 15.8 Å². The first-order chi connectivity index (χ1) is 13.5. The second kappa shape index (κ2) is 7.62. The molecule has 6 heteroatoms. The van der Waals surface area contributed by atoms with E-state index in [0.29, 0.717) is 12.5 Å². The van der Waals surface area contributed by atoms with Gasteiger partial charge in [-0.25, -0.2) is 4.68 Å². The monoisotopic (exact) mass is 378 g/mol. The van der Waals surface area contributed by atoms with Gasteiger partial charge in [0.2, 0.25) is 5.91 Å². The molecule has 2 heterocycles. The summed E-state index contributed by atoms with van der Waals surface area (Å²) in [5.41, 5.74) is 4.29. The molecule has 28 heavy (non-hydrogen) atoms. The molecule has 6 nitrogen and oxygen atoms in total. The number of benzene rings is 1. The van der Waals surface area contributed by atoms with Crippen molar-refractivity contribution in [3.63, 3.8) is 0 Å². The number of rotatable bonds is 5. The zero-order valence-corrected chi connectivity index (χ0v) is 16.4. The molecule has 1 aliphatic heterocycles. The lowest BCUT2D eigenvalue weighted by Gasteiger charge is -2.33. The Hall–Kier alpha value is -2.89. The van der Waals surface area contributed by atoms with E-state index in [1.165, 1.54) is 15.8 Å². The third-order valence-electron chi connectivity index (χ3n) is 5.91. The number of piperidine rings is 1. The van der Waals surface area contributed by atoms with Crippen molar-refractivity contribution in [2.45, 2.75) is 19.8 Å². The lowest BCUT2D eigenvalue weighted by atomic mass is 9.96. The van der Waals surface area contributed by atoms with E-state index in [0.717, 1.165) is 37.2 Å². The highest BCUT2D eigenvalue weighted by atomic mass is 16.2. The van der Waals surface area contributed by atoms with Gasteiger partial charge in [-0.2, -0.15) is 5.10 Å². The summed E-state index contributed by atoms with van der Waals surface area (Å²) >= 11 is 0. The number of carbonyl (C=O) groups excluding carboxylic acids is 1. The van der Waals surface area contributed by atoms with Gasteiger partial charge in [-0.15, -0.1) is 0 Å². The number of amides is 1. The van der Waals surface area contributed by atoms with E-state index in [9.17, 15) is 9.59 Å². The van der Waals surface area contributed by atoms with Crippen LogP contribution in [-0.4, -0.2) is 35.3 Å². The Bertz CT molecular complexity index is 956. The maximum absolute atomic E-state index is 12.6. The average molecular weight is 378 g/mol. The third kappa shape index (κ3) is 3.72. The standard InChI is InChI=1S/C22H26N4O2/c1-15-20(17-6-4-3-5-7-17)21(15)22(28)23-13-16-8-10-26(11-9-16)18-12-19(27)25(2)24-14-18/h3-7,12,14,16,21H,8-11,13H2,1-2H3,(H,23,28). The third-order valence-corrected chi connectivity index (χ3v) is 5.91. The van der Waals surface area contributed by atoms with Crippen LogP contribution in [0.15, 0.2) is 53.0 Å². The predicted molar refractivity (Wildman–Crippen MR) is 110 cm³/mol. The number of nitrogens with zero attached hydrogens (tertiary/aromatic N) is 3. The number of aromatic nitrogens is 2. The molecule has 1 amide bonds. The molecule has 0 bridgehead atoms. The second-order valence-electron chi connectivity index (χ2n) is 7.75. The molecular formula is C22H26N4O2. The van der Waals surface area contributed by atoms with E-state index >= 15 is 0 Å². The fraction of sp³-hybridized carbons (Fsp3) is 0.409. The number of aryl methyl sites for hydroxylation is 1. The number of nitrogens with one attached hydrogen (secondary N) is 1. The van der Waals surface area contributed by atoms with Crippen LogP contribution >= 0.6 is 0 Å². The van der Waals surface area contributed by atoms with Crippen LogP contribution in [0.4, 0.5) is 5.69 Å². The van der Waals surface area contributed by atoms with E-state index in [-0.39, 0.29) is 17.4 Å². The zero-order chi connectivity index (χ0) is 19.7. The second-order valence-corrected chi connectivity index (χ2v) is 7.75. The molecule has 1 unspecified atom stereocenters. The Labute approximate surface area is 164 Å². The Morgan fingerprint density at radius 3 is 2.61 bits per heavy atom. The summed E-state index contributed by atoms with van der Waals surface area (Å²) < 4.78 is 1.34. The molecule has 1 N–H and O–H groups in total. The van der Waals surface area contributed by atoms with Gasteiger partial charge in [0, 0.05) is 32.7 Å².